The first-order chi connectivity index (χ1) is 8.45. The van der Waals surface area contributed by atoms with Crippen LogP contribution in [0.15, 0.2) is 22.7 Å². The van der Waals surface area contributed by atoms with E-state index in [4.69, 9.17) is 5.73 Å². The monoisotopic (exact) mass is 310 g/mol. The molecule has 2 N–H and O–H groups in total. The Bertz CT molecular complexity index is 431. The van der Waals surface area contributed by atoms with Crippen LogP contribution in [-0.2, 0) is 0 Å². The minimum Gasteiger partial charge on any atom is -0.399 e. The third-order valence-electron chi connectivity index (χ3n) is 3.32. The van der Waals surface area contributed by atoms with Crippen LogP contribution in [0.4, 0.5) is 5.69 Å². The highest BCUT2D eigenvalue weighted by Gasteiger charge is 2.26. The van der Waals surface area contributed by atoms with E-state index in [2.05, 4.69) is 29.8 Å². The van der Waals surface area contributed by atoms with Gasteiger partial charge in [-0.3, -0.25) is 4.79 Å². The molecule has 1 heterocycles. The van der Waals surface area contributed by atoms with Crippen LogP contribution in [0.1, 0.15) is 30.6 Å². The molecular formula is C14H19BrN2O. The lowest BCUT2D eigenvalue weighted by Crippen LogP contribution is -2.42. The summed E-state index contributed by atoms with van der Waals surface area (Å²) in [6.45, 7) is 6.08. The van der Waals surface area contributed by atoms with Gasteiger partial charge in [0, 0.05) is 28.8 Å². The molecule has 1 aliphatic heterocycles. The van der Waals surface area contributed by atoms with Gasteiger partial charge in [-0.25, -0.2) is 0 Å². The van der Waals surface area contributed by atoms with Crippen LogP contribution in [0.3, 0.4) is 0 Å². The van der Waals surface area contributed by atoms with Gasteiger partial charge in [0.15, 0.2) is 0 Å². The predicted octanol–water partition coefficient (Wildman–Crippen LogP) is 3.15. The maximum atomic E-state index is 12.4. The number of nitrogen functional groups attached to an aromatic ring is 1. The molecule has 0 bridgehead atoms. The van der Waals surface area contributed by atoms with E-state index in [1.807, 2.05) is 11.0 Å². The molecule has 2 rings (SSSR count). The molecule has 1 aliphatic rings. The predicted molar refractivity (Wildman–Crippen MR) is 77.4 cm³/mol. The first-order valence-corrected chi connectivity index (χ1v) is 7.10. The standard InChI is InChI=1S/C14H19BrN2O/c1-9-3-10(2)8-17(7-9)14(18)11-4-12(15)6-13(16)5-11/h4-6,9-10H,3,7-8,16H2,1-2H3. The number of nitrogens with two attached hydrogens (primary N) is 1. The van der Waals surface area contributed by atoms with Crippen molar-refractivity contribution in [1.82, 2.24) is 4.90 Å². The fourth-order valence-electron chi connectivity index (χ4n) is 2.75. The summed E-state index contributed by atoms with van der Waals surface area (Å²) in [5.74, 6) is 1.23. The molecule has 18 heavy (non-hydrogen) atoms. The number of piperidine rings is 1. The van der Waals surface area contributed by atoms with Gasteiger partial charge in [-0.05, 0) is 36.5 Å². The molecule has 4 heteroatoms. The van der Waals surface area contributed by atoms with E-state index in [-0.39, 0.29) is 5.91 Å². The topological polar surface area (TPSA) is 46.3 Å². The molecule has 0 radical (unpaired) electrons. The van der Waals surface area contributed by atoms with Crippen LogP contribution in [-0.4, -0.2) is 23.9 Å². The van der Waals surface area contributed by atoms with Crippen molar-refractivity contribution < 1.29 is 4.79 Å². The van der Waals surface area contributed by atoms with E-state index in [9.17, 15) is 4.79 Å². The zero-order chi connectivity index (χ0) is 13.3. The van der Waals surface area contributed by atoms with E-state index in [1.165, 1.54) is 6.42 Å². The van der Waals surface area contributed by atoms with Gasteiger partial charge in [-0.15, -0.1) is 0 Å². The Labute approximate surface area is 116 Å². The highest BCUT2D eigenvalue weighted by molar-refractivity contribution is 9.10. The number of anilines is 1. The zero-order valence-electron chi connectivity index (χ0n) is 10.8. The number of hydrogen-bond donors (Lipinski definition) is 1. The van der Waals surface area contributed by atoms with E-state index >= 15 is 0 Å². The molecule has 0 spiro atoms. The molecule has 3 nitrogen and oxygen atoms in total. The molecule has 98 valence electrons. The maximum Gasteiger partial charge on any atom is 0.253 e. The summed E-state index contributed by atoms with van der Waals surface area (Å²) in [5.41, 5.74) is 7.07. The van der Waals surface area contributed by atoms with Gasteiger partial charge < -0.3 is 10.6 Å². The van der Waals surface area contributed by atoms with E-state index in [1.54, 1.807) is 12.1 Å². The van der Waals surface area contributed by atoms with Crippen LogP contribution >= 0.6 is 15.9 Å². The molecule has 0 aliphatic carbocycles. The minimum atomic E-state index is 0.0846. The average molecular weight is 311 g/mol. The molecule has 1 aromatic rings. The van der Waals surface area contributed by atoms with Crippen molar-refractivity contribution in [3.05, 3.63) is 28.2 Å². The van der Waals surface area contributed by atoms with Crippen molar-refractivity contribution in [2.45, 2.75) is 20.3 Å². The van der Waals surface area contributed by atoms with Crippen LogP contribution in [0.25, 0.3) is 0 Å². The summed E-state index contributed by atoms with van der Waals surface area (Å²) in [6, 6.07) is 5.39. The number of rotatable bonds is 1. The second-order valence-electron chi connectivity index (χ2n) is 5.43. The van der Waals surface area contributed by atoms with E-state index in [0.717, 1.165) is 17.6 Å². The van der Waals surface area contributed by atoms with Crippen LogP contribution in [0.2, 0.25) is 0 Å². The minimum absolute atomic E-state index is 0.0846. The Morgan fingerprint density at radius 3 is 2.44 bits per heavy atom. The Hall–Kier alpha value is -1.03. The molecule has 0 saturated carbocycles. The van der Waals surface area contributed by atoms with Crippen LogP contribution in [0.5, 0.6) is 0 Å². The number of likely N-dealkylation sites (tertiary alicyclic amines) is 1. The van der Waals surface area contributed by atoms with Crippen LogP contribution < -0.4 is 5.73 Å². The van der Waals surface area contributed by atoms with Crippen molar-refractivity contribution in [3.63, 3.8) is 0 Å². The van der Waals surface area contributed by atoms with E-state index in [0.29, 0.717) is 23.1 Å². The fraction of sp³-hybridized carbons (Fsp3) is 0.500. The molecule has 0 aromatic heterocycles. The molecule has 1 amide bonds. The number of benzene rings is 1. The summed E-state index contributed by atoms with van der Waals surface area (Å²) in [4.78, 5) is 14.4. The van der Waals surface area contributed by atoms with Crippen LogP contribution in [0, 0.1) is 11.8 Å². The molecule has 2 unspecified atom stereocenters. The largest absolute Gasteiger partial charge is 0.399 e. The molecule has 1 aromatic carbocycles. The second kappa shape index (κ2) is 5.31. The Morgan fingerprint density at radius 2 is 1.89 bits per heavy atom. The molecule has 2 atom stereocenters. The lowest BCUT2D eigenvalue weighted by molar-refractivity contribution is 0.0623. The number of carbonyl (C=O) groups is 1. The highest BCUT2D eigenvalue weighted by Crippen LogP contribution is 2.24. The quantitative estimate of drug-likeness (QED) is 0.810. The van der Waals surface area contributed by atoms with Crippen molar-refractivity contribution in [2.24, 2.45) is 11.8 Å². The first kappa shape index (κ1) is 13.4. The summed E-state index contributed by atoms with van der Waals surface area (Å²) in [6.07, 6.45) is 1.20. The third kappa shape index (κ3) is 3.05. The van der Waals surface area contributed by atoms with Gasteiger partial charge in [-0.2, -0.15) is 0 Å². The van der Waals surface area contributed by atoms with Crippen molar-refractivity contribution >= 4 is 27.5 Å². The fourth-order valence-corrected chi connectivity index (χ4v) is 3.26. The number of hydrogen-bond acceptors (Lipinski definition) is 2. The SMILES string of the molecule is CC1CC(C)CN(C(=O)c2cc(N)cc(Br)c2)C1. The van der Waals surface area contributed by atoms with Gasteiger partial charge in [0.1, 0.15) is 0 Å². The lowest BCUT2D eigenvalue weighted by atomic mass is 9.91. The van der Waals surface area contributed by atoms with Gasteiger partial charge in [0.05, 0.1) is 0 Å². The van der Waals surface area contributed by atoms with Crippen molar-refractivity contribution in [2.75, 3.05) is 18.8 Å². The van der Waals surface area contributed by atoms with Crippen molar-refractivity contribution in [1.29, 1.82) is 0 Å². The highest BCUT2D eigenvalue weighted by atomic mass is 79.9. The van der Waals surface area contributed by atoms with Crippen molar-refractivity contribution in [3.8, 4) is 0 Å². The van der Waals surface area contributed by atoms with Gasteiger partial charge in [0.2, 0.25) is 0 Å². The number of halogens is 1. The summed E-state index contributed by atoms with van der Waals surface area (Å²) in [5, 5.41) is 0. The van der Waals surface area contributed by atoms with Gasteiger partial charge in [0.25, 0.3) is 5.91 Å². The molecular weight excluding hydrogens is 292 g/mol. The van der Waals surface area contributed by atoms with Gasteiger partial charge >= 0.3 is 0 Å². The smallest absolute Gasteiger partial charge is 0.253 e. The Kier molecular flexibility index (Phi) is 3.95. The van der Waals surface area contributed by atoms with E-state index < -0.39 is 0 Å². The Morgan fingerprint density at radius 1 is 1.28 bits per heavy atom. The first-order valence-electron chi connectivity index (χ1n) is 6.31. The molecule has 1 saturated heterocycles. The third-order valence-corrected chi connectivity index (χ3v) is 3.78. The zero-order valence-corrected chi connectivity index (χ0v) is 12.4. The second-order valence-corrected chi connectivity index (χ2v) is 6.35. The van der Waals surface area contributed by atoms with Gasteiger partial charge in [-0.1, -0.05) is 29.8 Å². The summed E-state index contributed by atoms with van der Waals surface area (Å²) >= 11 is 3.38. The number of nitrogens with zero attached hydrogens (tertiary/aromatic N) is 1. The lowest BCUT2D eigenvalue weighted by Gasteiger charge is -2.35. The number of amides is 1. The normalized spacial score (nSPS) is 24.1. The Balaban J connectivity index is 2.20. The summed E-state index contributed by atoms with van der Waals surface area (Å²) in [7, 11) is 0. The average Bonchev–Trinajstić information content (AvgIpc) is 2.25. The maximum absolute atomic E-state index is 12.4. The summed E-state index contributed by atoms with van der Waals surface area (Å²) < 4.78 is 0.851. The number of carbonyl (C=O) groups excluding carboxylic acids is 1. The molecule has 1 fully saturated rings.